The lowest BCUT2D eigenvalue weighted by atomic mass is 10.2. The molecule has 0 radical (unpaired) electrons. The molecule has 0 aromatic heterocycles. The molecule has 0 atom stereocenters. The first-order valence-corrected chi connectivity index (χ1v) is 8.00. The van der Waals surface area contributed by atoms with Crippen molar-refractivity contribution in [2.24, 2.45) is 0 Å². The zero-order valence-corrected chi connectivity index (χ0v) is 14.6. The van der Waals surface area contributed by atoms with E-state index in [1.54, 1.807) is 37.3 Å². The minimum atomic E-state index is -0.483. The van der Waals surface area contributed by atoms with Gasteiger partial charge in [-0.15, -0.1) is 0 Å². The molecule has 132 valence electrons. The van der Waals surface area contributed by atoms with E-state index in [-0.39, 0.29) is 18.1 Å². The average molecular weight is 364 g/mol. The molecule has 0 aliphatic rings. The average Bonchev–Trinajstić information content (AvgIpc) is 2.57. The number of benzene rings is 2. The van der Waals surface area contributed by atoms with Gasteiger partial charge in [0.25, 0.3) is 5.69 Å². The van der Waals surface area contributed by atoms with Crippen LogP contribution in [0.1, 0.15) is 12.5 Å². The number of nitro benzene ring substituents is 1. The number of hydrogen-bond donors (Lipinski definition) is 2. The van der Waals surface area contributed by atoms with Gasteiger partial charge in [-0.1, -0.05) is 23.7 Å². The van der Waals surface area contributed by atoms with Crippen molar-refractivity contribution in [1.29, 1.82) is 0 Å². The van der Waals surface area contributed by atoms with Crippen molar-refractivity contribution in [3.05, 3.63) is 57.1 Å². The van der Waals surface area contributed by atoms with Crippen LogP contribution in [0.3, 0.4) is 0 Å². The summed E-state index contributed by atoms with van der Waals surface area (Å²) >= 11 is 6.09. The molecule has 2 rings (SSSR count). The summed E-state index contributed by atoms with van der Waals surface area (Å²) in [5.41, 5.74) is 1.44. The van der Waals surface area contributed by atoms with E-state index in [0.29, 0.717) is 34.3 Å². The lowest BCUT2D eigenvalue weighted by Crippen LogP contribution is -2.22. The van der Waals surface area contributed by atoms with Gasteiger partial charge in [0.1, 0.15) is 0 Å². The first-order chi connectivity index (χ1) is 11.9. The van der Waals surface area contributed by atoms with Gasteiger partial charge in [0, 0.05) is 17.3 Å². The first-order valence-electron chi connectivity index (χ1n) is 7.62. The topological polar surface area (TPSA) is 93.5 Å². The number of nitrogens with zero attached hydrogens (tertiary/aromatic N) is 1. The summed E-state index contributed by atoms with van der Waals surface area (Å²) in [7, 11) is 0. The van der Waals surface area contributed by atoms with E-state index in [1.165, 1.54) is 6.07 Å². The molecule has 0 saturated carbocycles. The smallest absolute Gasteiger partial charge is 0.274 e. The first kappa shape index (κ1) is 18.5. The molecule has 0 saturated heterocycles. The van der Waals surface area contributed by atoms with Gasteiger partial charge in [0.15, 0.2) is 5.75 Å². The molecule has 0 unspecified atom stereocenters. The second-order valence-electron chi connectivity index (χ2n) is 5.21. The summed E-state index contributed by atoms with van der Waals surface area (Å²) in [6, 6.07) is 9.73. The summed E-state index contributed by atoms with van der Waals surface area (Å²) in [6.45, 7) is 3.88. The number of halogens is 1. The lowest BCUT2D eigenvalue weighted by molar-refractivity contribution is -0.385. The van der Waals surface area contributed by atoms with Crippen molar-refractivity contribution < 1.29 is 14.5 Å². The third-order valence-electron chi connectivity index (χ3n) is 3.38. The van der Waals surface area contributed by atoms with E-state index in [0.717, 1.165) is 0 Å². The maximum Gasteiger partial charge on any atom is 0.274 e. The van der Waals surface area contributed by atoms with Crippen LogP contribution in [-0.2, 0) is 4.79 Å². The standard InChI is InChI=1S/C17H18ClN3O4/c1-3-25-17-13(18)5-4-6-14(17)19-10-16(22)20-12-8-7-11(2)15(9-12)21(23)24/h4-9,19H,3,10H2,1-2H3,(H,20,22). The highest BCUT2D eigenvalue weighted by atomic mass is 35.5. The Hall–Kier alpha value is -2.80. The normalized spacial score (nSPS) is 10.2. The Labute approximate surface area is 150 Å². The van der Waals surface area contributed by atoms with Crippen molar-refractivity contribution in [2.75, 3.05) is 23.8 Å². The molecule has 2 aromatic carbocycles. The molecule has 0 aliphatic heterocycles. The van der Waals surface area contributed by atoms with Gasteiger partial charge >= 0.3 is 0 Å². The Bertz CT molecular complexity index is 795. The fraction of sp³-hybridized carbons (Fsp3) is 0.235. The predicted molar refractivity (Wildman–Crippen MR) is 97.6 cm³/mol. The fourth-order valence-electron chi connectivity index (χ4n) is 2.20. The van der Waals surface area contributed by atoms with E-state index in [1.807, 2.05) is 6.92 Å². The molecule has 0 spiro atoms. The summed E-state index contributed by atoms with van der Waals surface area (Å²) in [4.78, 5) is 22.6. The molecule has 1 amide bonds. The van der Waals surface area contributed by atoms with Crippen molar-refractivity contribution in [3.63, 3.8) is 0 Å². The quantitative estimate of drug-likeness (QED) is 0.572. The van der Waals surface area contributed by atoms with Crippen LogP contribution >= 0.6 is 11.6 Å². The van der Waals surface area contributed by atoms with E-state index < -0.39 is 4.92 Å². The molecule has 0 heterocycles. The molecule has 2 N–H and O–H groups in total. The van der Waals surface area contributed by atoms with Crippen molar-refractivity contribution >= 4 is 34.6 Å². The van der Waals surface area contributed by atoms with Crippen LogP contribution in [0.5, 0.6) is 5.75 Å². The number of nitro groups is 1. The Balaban J connectivity index is 2.03. The predicted octanol–water partition coefficient (Wildman–Crippen LogP) is 4.01. The zero-order chi connectivity index (χ0) is 18.4. The molecular formula is C17H18ClN3O4. The fourth-order valence-corrected chi connectivity index (χ4v) is 2.43. The minimum Gasteiger partial charge on any atom is -0.490 e. The van der Waals surface area contributed by atoms with Crippen LogP contribution in [-0.4, -0.2) is 24.0 Å². The summed E-state index contributed by atoms with van der Waals surface area (Å²) < 4.78 is 5.47. The van der Waals surface area contributed by atoms with Gasteiger partial charge in [-0.2, -0.15) is 0 Å². The van der Waals surface area contributed by atoms with E-state index >= 15 is 0 Å². The van der Waals surface area contributed by atoms with Gasteiger partial charge in [0.05, 0.1) is 28.8 Å². The SMILES string of the molecule is CCOc1c(Cl)cccc1NCC(=O)Nc1ccc(C)c([N+](=O)[O-])c1. The maximum atomic E-state index is 12.1. The minimum absolute atomic E-state index is 0.0396. The lowest BCUT2D eigenvalue weighted by Gasteiger charge is -2.13. The van der Waals surface area contributed by atoms with E-state index in [2.05, 4.69) is 10.6 Å². The van der Waals surface area contributed by atoms with Gasteiger partial charge < -0.3 is 15.4 Å². The molecule has 7 nitrogen and oxygen atoms in total. The monoisotopic (exact) mass is 363 g/mol. The van der Waals surface area contributed by atoms with Crippen LogP contribution < -0.4 is 15.4 Å². The number of rotatable bonds is 7. The highest BCUT2D eigenvalue weighted by molar-refractivity contribution is 6.32. The number of carbonyl (C=O) groups is 1. The summed E-state index contributed by atoms with van der Waals surface area (Å²) in [5.74, 6) is 0.131. The highest BCUT2D eigenvalue weighted by Gasteiger charge is 2.13. The Kier molecular flexibility index (Phi) is 6.19. The highest BCUT2D eigenvalue weighted by Crippen LogP contribution is 2.32. The number of aryl methyl sites for hydroxylation is 1. The second-order valence-corrected chi connectivity index (χ2v) is 5.62. The van der Waals surface area contributed by atoms with Gasteiger partial charge in [0.2, 0.25) is 5.91 Å². The van der Waals surface area contributed by atoms with Gasteiger partial charge in [-0.25, -0.2) is 0 Å². The van der Waals surface area contributed by atoms with E-state index in [4.69, 9.17) is 16.3 Å². The van der Waals surface area contributed by atoms with Gasteiger partial charge in [-0.3, -0.25) is 14.9 Å². The third-order valence-corrected chi connectivity index (χ3v) is 3.68. The zero-order valence-electron chi connectivity index (χ0n) is 13.8. The molecule has 2 aromatic rings. The Morgan fingerprint density at radius 1 is 1.32 bits per heavy atom. The number of nitrogens with one attached hydrogen (secondary N) is 2. The Morgan fingerprint density at radius 3 is 2.76 bits per heavy atom. The van der Waals surface area contributed by atoms with Crippen LogP contribution in [0.15, 0.2) is 36.4 Å². The molecule has 0 bridgehead atoms. The molecule has 0 fully saturated rings. The molecule has 0 aliphatic carbocycles. The molecule has 8 heteroatoms. The number of para-hydroxylation sites is 1. The maximum absolute atomic E-state index is 12.1. The third kappa shape index (κ3) is 4.84. The van der Waals surface area contributed by atoms with Crippen molar-refractivity contribution in [2.45, 2.75) is 13.8 Å². The summed E-state index contributed by atoms with van der Waals surface area (Å²) in [5, 5.41) is 17.0. The molecule has 25 heavy (non-hydrogen) atoms. The van der Waals surface area contributed by atoms with Crippen LogP contribution in [0.25, 0.3) is 0 Å². The number of hydrogen-bond acceptors (Lipinski definition) is 5. The second kappa shape index (κ2) is 8.34. The van der Waals surface area contributed by atoms with Crippen molar-refractivity contribution in [1.82, 2.24) is 0 Å². The Morgan fingerprint density at radius 2 is 2.08 bits per heavy atom. The van der Waals surface area contributed by atoms with Crippen LogP contribution in [0.2, 0.25) is 5.02 Å². The van der Waals surface area contributed by atoms with E-state index in [9.17, 15) is 14.9 Å². The number of carbonyl (C=O) groups excluding carboxylic acids is 1. The van der Waals surface area contributed by atoms with Crippen LogP contribution in [0, 0.1) is 17.0 Å². The number of anilines is 2. The van der Waals surface area contributed by atoms with Crippen molar-refractivity contribution in [3.8, 4) is 5.75 Å². The number of amides is 1. The van der Waals surface area contributed by atoms with Gasteiger partial charge in [-0.05, 0) is 32.0 Å². The molecular weight excluding hydrogens is 346 g/mol. The summed E-state index contributed by atoms with van der Waals surface area (Å²) in [6.07, 6.45) is 0. The number of ether oxygens (including phenoxy) is 1. The van der Waals surface area contributed by atoms with Crippen LogP contribution in [0.4, 0.5) is 17.1 Å². The largest absolute Gasteiger partial charge is 0.490 e.